The highest BCUT2D eigenvalue weighted by atomic mass is 16.5. The van der Waals surface area contributed by atoms with E-state index in [2.05, 4.69) is 22.4 Å². The van der Waals surface area contributed by atoms with Gasteiger partial charge in [0.05, 0.1) is 12.9 Å². The summed E-state index contributed by atoms with van der Waals surface area (Å²) in [7, 11) is 3.38. The van der Waals surface area contributed by atoms with Crippen LogP contribution in [0.25, 0.3) is 0 Å². The predicted molar refractivity (Wildman–Crippen MR) is 84.5 cm³/mol. The molecule has 0 unspecified atom stereocenters. The Morgan fingerprint density at radius 2 is 2.23 bits per heavy atom. The summed E-state index contributed by atoms with van der Waals surface area (Å²) < 4.78 is 6.97. The zero-order valence-corrected chi connectivity index (χ0v) is 13.0. The van der Waals surface area contributed by atoms with E-state index in [1.54, 1.807) is 31.6 Å². The van der Waals surface area contributed by atoms with Crippen molar-refractivity contribution in [3.8, 4) is 0 Å². The van der Waals surface area contributed by atoms with Gasteiger partial charge in [0.15, 0.2) is 0 Å². The monoisotopic (exact) mass is 302 g/mol. The molecule has 1 aromatic heterocycles. The summed E-state index contributed by atoms with van der Waals surface area (Å²) in [6, 6.07) is 8.07. The topological polar surface area (TPSA) is 59.4 Å². The second kappa shape index (κ2) is 8.19. The molecule has 0 atom stereocenters. The molecule has 0 aliphatic rings. The van der Waals surface area contributed by atoms with Crippen molar-refractivity contribution < 1.29 is 9.53 Å². The average Bonchev–Trinajstić information content (AvgIpc) is 3.03. The molecule has 0 fully saturated rings. The first-order valence-corrected chi connectivity index (χ1v) is 7.20. The number of ether oxygens (including phenoxy) is 1. The molecular formula is C16H22N4O2. The summed E-state index contributed by atoms with van der Waals surface area (Å²) in [6.07, 6.45) is 5.48. The highest BCUT2D eigenvalue weighted by Crippen LogP contribution is 2.07. The first kappa shape index (κ1) is 16.0. The maximum atomic E-state index is 11.9. The fraction of sp³-hybridized carbons (Fsp3) is 0.375. The number of carbonyl (C=O) groups excluding carboxylic acids is 1. The smallest absolute Gasteiger partial charge is 0.317 e. The van der Waals surface area contributed by atoms with Gasteiger partial charge in [0.1, 0.15) is 0 Å². The van der Waals surface area contributed by atoms with Crippen molar-refractivity contribution in [3.05, 3.63) is 54.1 Å². The highest BCUT2D eigenvalue weighted by molar-refractivity contribution is 5.73. The Bertz CT molecular complexity index is 584. The van der Waals surface area contributed by atoms with Crippen LogP contribution in [0.4, 0.5) is 4.79 Å². The Kier molecular flexibility index (Phi) is 5.97. The number of urea groups is 1. The minimum atomic E-state index is -0.0999. The predicted octanol–water partition coefficient (Wildman–Crippen LogP) is 1.72. The molecule has 6 heteroatoms. The van der Waals surface area contributed by atoms with E-state index < -0.39 is 0 Å². The quantitative estimate of drug-likeness (QED) is 0.847. The molecule has 0 saturated carbocycles. The van der Waals surface area contributed by atoms with Crippen molar-refractivity contribution in [2.75, 3.05) is 27.3 Å². The number of rotatable bonds is 7. The van der Waals surface area contributed by atoms with Gasteiger partial charge in [0.2, 0.25) is 0 Å². The van der Waals surface area contributed by atoms with Crippen LogP contribution >= 0.6 is 0 Å². The maximum absolute atomic E-state index is 11.9. The van der Waals surface area contributed by atoms with E-state index in [0.29, 0.717) is 19.7 Å². The largest absolute Gasteiger partial charge is 0.383 e. The van der Waals surface area contributed by atoms with E-state index in [-0.39, 0.29) is 6.03 Å². The first-order chi connectivity index (χ1) is 10.7. The Morgan fingerprint density at radius 1 is 1.41 bits per heavy atom. The molecule has 6 nitrogen and oxygen atoms in total. The first-order valence-electron chi connectivity index (χ1n) is 7.20. The van der Waals surface area contributed by atoms with Crippen LogP contribution in [0.5, 0.6) is 0 Å². The average molecular weight is 302 g/mol. The summed E-state index contributed by atoms with van der Waals surface area (Å²) in [5, 5.41) is 2.91. The molecule has 0 radical (unpaired) electrons. The van der Waals surface area contributed by atoms with Crippen LogP contribution in [-0.4, -0.2) is 47.8 Å². The second-order valence-corrected chi connectivity index (χ2v) is 5.13. The SMILES string of the molecule is COCCN(C)C(=O)NCc1cccc(Cn2ccnc2)c1. The second-order valence-electron chi connectivity index (χ2n) is 5.13. The molecule has 0 aliphatic heterocycles. The summed E-state index contributed by atoms with van der Waals surface area (Å²) in [6.45, 7) is 2.39. The van der Waals surface area contributed by atoms with E-state index in [1.165, 1.54) is 5.56 Å². The number of nitrogens with one attached hydrogen (secondary N) is 1. The molecule has 0 saturated heterocycles. The van der Waals surface area contributed by atoms with Crippen LogP contribution in [0.1, 0.15) is 11.1 Å². The van der Waals surface area contributed by atoms with Crippen LogP contribution < -0.4 is 5.32 Å². The molecule has 2 amide bonds. The van der Waals surface area contributed by atoms with Gasteiger partial charge in [-0.3, -0.25) is 0 Å². The zero-order chi connectivity index (χ0) is 15.8. The number of benzene rings is 1. The number of hydrogen-bond donors (Lipinski definition) is 1. The lowest BCUT2D eigenvalue weighted by Crippen LogP contribution is -2.38. The number of amides is 2. The summed E-state index contributed by atoms with van der Waals surface area (Å²) in [5.74, 6) is 0. The number of carbonyl (C=O) groups is 1. The molecule has 0 aliphatic carbocycles. The van der Waals surface area contributed by atoms with Crippen LogP contribution in [0, 0.1) is 0 Å². The Balaban J connectivity index is 1.86. The fourth-order valence-corrected chi connectivity index (χ4v) is 2.07. The van der Waals surface area contributed by atoms with Crippen LogP contribution in [-0.2, 0) is 17.8 Å². The van der Waals surface area contributed by atoms with Gasteiger partial charge in [-0.2, -0.15) is 0 Å². The maximum Gasteiger partial charge on any atom is 0.317 e. The number of nitrogens with zero attached hydrogens (tertiary/aromatic N) is 3. The van der Waals surface area contributed by atoms with Crippen molar-refractivity contribution in [1.82, 2.24) is 19.8 Å². The number of imidazole rings is 1. The van der Waals surface area contributed by atoms with Gasteiger partial charge in [-0.05, 0) is 11.1 Å². The Morgan fingerprint density at radius 3 is 2.95 bits per heavy atom. The van der Waals surface area contributed by atoms with Gasteiger partial charge in [-0.15, -0.1) is 0 Å². The summed E-state index contributed by atoms with van der Waals surface area (Å²) in [4.78, 5) is 17.6. The number of aromatic nitrogens is 2. The van der Waals surface area contributed by atoms with Crippen LogP contribution in [0.15, 0.2) is 43.0 Å². The number of hydrogen-bond acceptors (Lipinski definition) is 3. The van der Waals surface area contributed by atoms with Crippen LogP contribution in [0.2, 0.25) is 0 Å². The van der Waals surface area contributed by atoms with E-state index in [4.69, 9.17) is 4.74 Å². The third-order valence-electron chi connectivity index (χ3n) is 3.34. The van der Waals surface area contributed by atoms with Crippen molar-refractivity contribution in [3.63, 3.8) is 0 Å². The molecule has 2 aromatic rings. The third kappa shape index (κ3) is 4.89. The van der Waals surface area contributed by atoms with Gasteiger partial charge >= 0.3 is 6.03 Å². The van der Waals surface area contributed by atoms with E-state index in [9.17, 15) is 4.79 Å². The summed E-state index contributed by atoms with van der Waals surface area (Å²) in [5.41, 5.74) is 2.25. The van der Waals surface area contributed by atoms with Crippen molar-refractivity contribution >= 4 is 6.03 Å². The van der Waals surface area contributed by atoms with Crippen molar-refractivity contribution in [1.29, 1.82) is 0 Å². The van der Waals surface area contributed by atoms with Gasteiger partial charge in [-0.25, -0.2) is 9.78 Å². The molecule has 22 heavy (non-hydrogen) atoms. The Labute approximate surface area is 130 Å². The van der Waals surface area contributed by atoms with Gasteiger partial charge in [0.25, 0.3) is 0 Å². The van der Waals surface area contributed by atoms with Gasteiger partial charge in [-0.1, -0.05) is 24.3 Å². The molecule has 1 heterocycles. The Hall–Kier alpha value is -2.34. The molecule has 0 bridgehead atoms. The molecule has 1 aromatic carbocycles. The lowest BCUT2D eigenvalue weighted by Gasteiger charge is -2.17. The number of likely N-dealkylation sites (N-methyl/N-ethyl adjacent to an activating group) is 1. The molecule has 1 N–H and O–H groups in total. The molecule has 118 valence electrons. The van der Waals surface area contributed by atoms with Gasteiger partial charge in [0, 0.05) is 46.2 Å². The normalized spacial score (nSPS) is 10.5. The van der Waals surface area contributed by atoms with Gasteiger partial charge < -0.3 is 19.5 Å². The number of methoxy groups -OCH3 is 1. The van der Waals surface area contributed by atoms with Crippen molar-refractivity contribution in [2.45, 2.75) is 13.1 Å². The lowest BCUT2D eigenvalue weighted by atomic mass is 10.1. The zero-order valence-electron chi connectivity index (χ0n) is 13.0. The van der Waals surface area contributed by atoms with E-state index in [0.717, 1.165) is 12.1 Å². The van der Waals surface area contributed by atoms with E-state index >= 15 is 0 Å². The van der Waals surface area contributed by atoms with Crippen LogP contribution in [0.3, 0.4) is 0 Å². The van der Waals surface area contributed by atoms with E-state index in [1.807, 2.05) is 22.9 Å². The standard InChI is InChI=1S/C16H22N4O2/c1-19(8-9-22-2)16(21)18-11-14-4-3-5-15(10-14)12-20-7-6-17-13-20/h3-7,10,13H,8-9,11-12H2,1-2H3,(H,18,21). The molecule has 2 rings (SSSR count). The highest BCUT2D eigenvalue weighted by Gasteiger charge is 2.07. The lowest BCUT2D eigenvalue weighted by molar-refractivity contribution is 0.159. The minimum absolute atomic E-state index is 0.0999. The molecular weight excluding hydrogens is 280 g/mol. The fourth-order valence-electron chi connectivity index (χ4n) is 2.07. The van der Waals surface area contributed by atoms with Crippen molar-refractivity contribution in [2.24, 2.45) is 0 Å². The third-order valence-corrected chi connectivity index (χ3v) is 3.34. The summed E-state index contributed by atoms with van der Waals surface area (Å²) >= 11 is 0. The minimum Gasteiger partial charge on any atom is -0.383 e. The molecule has 0 spiro atoms.